The number of hydrogen-bond donors (Lipinski definition) is 2. The van der Waals surface area contributed by atoms with Crippen molar-refractivity contribution in [2.24, 2.45) is 0 Å². The van der Waals surface area contributed by atoms with Gasteiger partial charge in [0.05, 0.1) is 18.4 Å². The van der Waals surface area contributed by atoms with Crippen LogP contribution in [0.4, 0.5) is 16.6 Å². The van der Waals surface area contributed by atoms with Gasteiger partial charge in [-0.3, -0.25) is 14.7 Å². The normalized spacial score (nSPS) is 15.2. The third kappa shape index (κ3) is 5.36. The van der Waals surface area contributed by atoms with Gasteiger partial charge in [-0.15, -0.1) is 11.3 Å². The number of nitrogens with one attached hydrogen (secondary N) is 2. The van der Waals surface area contributed by atoms with Gasteiger partial charge < -0.3 is 10.6 Å². The Morgan fingerprint density at radius 2 is 2.07 bits per heavy atom. The molecule has 0 saturated carbocycles. The second kappa shape index (κ2) is 9.11. The average molecular weight is 409 g/mol. The summed E-state index contributed by atoms with van der Waals surface area (Å²) in [4.78, 5) is 27.5. The molecule has 1 saturated heterocycles. The van der Waals surface area contributed by atoms with Gasteiger partial charge in [0.15, 0.2) is 5.13 Å². The fourth-order valence-corrected chi connectivity index (χ4v) is 4.06. The van der Waals surface area contributed by atoms with Gasteiger partial charge in [0.2, 0.25) is 5.91 Å². The minimum Gasteiger partial charge on any atom is -0.339 e. The lowest BCUT2D eigenvalue weighted by Gasteiger charge is -2.31. The van der Waals surface area contributed by atoms with Crippen LogP contribution in [0, 0.1) is 6.92 Å². The minimum absolute atomic E-state index is 0.00305. The third-order valence-corrected chi connectivity index (χ3v) is 5.69. The van der Waals surface area contributed by atoms with Gasteiger partial charge in [-0.25, -0.2) is 9.97 Å². The molecule has 3 aromatic heterocycles. The van der Waals surface area contributed by atoms with E-state index >= 15 is 0 Å². The molecule has 7 nitrogen and oxygen atoms in total. The Labute approximate surface area is 174 Å². The van der Waals surface area contributed by atoms with Crippen molar-refractivity contribution >= 4 is 33.9 Å². The summed E-state index contributed by atoms with van der Waals surface area (Å²) in [6, 6.07) is 10.0. The highest BCUT2D eigenvalue weighted by Crippen LogP contribution is 2.27. The van der Waals surface area contributed by atoms with Gasteiger partial charge in [0.25, 0.3) is 0 Å². The summed E-state index contributed by atoms with van der Waals surface area (Å²) in [6.07, 6.45) is 5.57. The molecule has 1 aliphatic rings. The quantitative estimate of drug-likeness (QED) is 0.645. The van der Waals surface area contributed by atoms with Crippen molar-refractivity contribution in [2.75, 3.05) is 30.3 Å². The average Bonchev–Trinajstić information content (AvgIpc) is 3.22. The van der Waals surface area contributed by atoms with Crippen LogP contribution in [0.5, 0.6) is 0 Å². The lowest BCUT2D eigenvalue weighted by atomic mass is 9.93. The maximum atomic E-state index is 12.1. The maximum absolute atomic E-state index is 12.1. The molecule has 1 aliphatic heterocycles. The Bertz CT molecular complexity index is 936. The molecule has 150 valence electrons. The number of likely N-dealkylation sites (tertiary alicyclic amines) is 1. The number of piperidine rings is 1. The number of rotatable bonds is 6. The Morgan fingerprint density at radius 1 is 1.21 bits per heavy atom. The number of pyridine rings is 2. The second-order valence-electron chi connectivity index (χ2n) is 7.20. The van der Waals surface area contributed by atoms with E-state index in [-0.39, 0.29) is 5.91 Å². The van der Waals surface area contributed by atoms with E-state index in [4.69, 9.17) is 0 Å². The fraction of sp³-hybridized carbons (Fsp3) is 0.333. The van der Waals surface area contributed by atoms with E-state index in [1.54, 1.807) is 6.20 Å². The molecule has 0 bridgehead atoms. The van der Waals surface area contributed by atoms with Crippen LogP contribution in [0.25, 0.3) is 0 Å². The summed E-state index contributed by atoms with van der Waals surface area (Å²) < 4.78 is 0. The highest BCUT2D eigenvalue weighted by Gasteiger charge is 2.23. The first-order valence-corrected chi connectivity index (χ1v) is 10.6. The lowest BCUT2D eigenvalue weighted by molar-refractivity contribution is -0.117. The Kier molecular flexibility index (Phi) is 6.12. The van der Waals surface area contributed by atoms with E-state index in [0.717, 1.165) is 48.8 Å². The summed E-state index contributed by atoms with van der Waals surface area (Å²) >= 11 is 1.43. The Balaban J connectivity index is 1.26. The molecule has 1 amide bonds. The van der Waals surface area contributed by atoms with E-state index in [1.165, 1.54) is 11.3 Å². The van der Waals surface area contributed by atoms with Crippen LogP contribution < -0.4 is 10.6 Å². The summed E-state index contributed by atoms with van der Waals surface area (Å²) in [5, 5.41) is 8.64. The van der Waals surface area contributed by atoms with Crippen LogP contribution >= 0.6 is 11.3 Å². The molecular weight excluding hydrogens is 384 g/mol. The number of amides is 1. The molecule has 4 rings (SSSR count). The first-order chi connectivity index (χ1) is 14.2. The van der Waals surface area contributed by atoms with E-state index < -0.39 is 0 Å². The zero-order valence-corrected chi connectivity index (χ0v) is 17.2. The summed E-state index contributed by atoms with van der Waals surface area (Å²) in [6.45, 7) is 4.17. The number of carbonyl (C=O) groups is 1. The molecule has 29 heavy (non-hydrogen) atoms. The van der Waals surface area contributed by atoms with Gasteiger partial charge in [-0.2, -0.15) is 0 Å². The van der Waals surface area contributed by atoms with Crippen LogP contribution in [0.2, 0.25) is 0 Å². The zero-order chi connectivity index (χ0) is 20.1. The van der Waals surface area contributed by atoms with E-state index in [2.05, 4.69) is 42.6 Å². The molecule has 4 heterocycles. The molecular formula is C21H24N6OS. The van der Waals surface area contributed by atoms with Crippen molar-refractivity contribution in [3.8, 4) is 0 Å². The number of hydrogen-bond acceptors (Lipinski definition) is 7. The van der Waals surface area contributed by atoms with Crippen molar-refractivity contribution in [1.82, 2.24) is 19.9 Å². The molecule has 0 unspecified atom stereocenters. The molecule has 0 spiro atoms. The van der Waals surface area contributed by atoms with E-state index in [9.17, 15) is 4.79 Å². The number of aromatic nitrogens is 3. The van der Waals surface area contributed by atoms with E-state index in [1.807, 2.05) is 36.7 Å². The predicted octanol–water partition coefficient (Wildman–Crippen LogP) is 3.80. The van der Waals surface area contributed by atoms with Crippen molar-refractivity contribution in [3.05, 3.63) is 59.5 Å². The SMILES string of the molecule is Cc1cccc(Nc2ccc(C3CCN(CC(=O)Nc4nccs4)CC3)nc2)n1. The number of aryl methyl sites for hydroxylation is 1. The monoisotopic (exact) mass is 408 g/mol. The highest BCUT2D eigenvalue weighted by molar-refractivity contribution is 7.13. The molecule has 0 radical (unpaired) electrons. The first-order valence-electron chi connectivity index (χ1n) is 9.74. The van der Waals surface area contributed by atoms with Crippen LogP contribution in [0.1, 0.15) is 30.1 Å². The fourth-order valence-electron chi connectivity index (χ4n) is 3.52. The minimum atomic E-state index is -0.00305. The largest absolute Gasteiger partial charge is 0.339 e. The number of carbonyl (C=O) groups excluding carboxylic acids is 1. The Hall–Kier alpha value is -2.84. The van der Waals surface area contributed by atoms with Crippen LogP contribution in [-0.2, 0) is 4.79 Å². The standard InChI is InChI=1S/C21H24N6OS/c1-15-3-2-4-19(24-15)25-17-5-6-18(23-13-17)16-7-10-27(11-8-16)14-20(28)26-21-22-9-12-29-21/h2-6,9,12-13,16H,7-8,10-11,14H2,1H3,(H,24,25)(H,22,26,28). The first kappa shape index (κ1) is 19.5. The third-order valence-electron chi connectivity index (χ3n) is 5.00. The topological polar surface area (TPSA) is 83.0 Å². The number of thiazole rings is 1. The highest BCUT2D eigenvalue weighted by atomic mass is 32.1. The summed E-state index contributed by atoms with van der Waals surface area (Å²) in [7, 11) is 0. The van der Waals surface area contributed by atoms with Crippen molar-refractivity contribution in [1.29, 1.82) is 0 Å². The summed E-state index contributed by atoms with van der Waals surface area (Å²) in [5.74, 6) is 1.25. The smallest absolute Gasteiger partial charge is 0.240 e. The lowest BCUT2D eigenvalue weighted by Crippen LogP contribution is -2.38. The van der Waals surface area contributed by atoms with Gasteiger partial charge in [-0.1, -0.05) is 6.07 Å². The second-order valence-corrected chi connectivity index (χ2v) is 8.09. The number of nitrogens with zero attached hydrogens (tertiary/aromatic N) is 4. The van der Waals surface area contributed by atoms with Gasteiger partial charge >= 0.3 is 0 Å². The van der Waals surface area contributed by atoms with Gasteiger partial charge in [0, 0.05) is 28.9 Å². The van der Waals surface area contributed by atoms with Gasteiger partial charge in [-0.05, 0) is 57.1 Å². The van der Waals surface area contributed by atoms with Crippen LogP contribution in [0.15, 0.2) is 48.1 Å². The van der Waals surface area contributed by atoms with Crippen LogP contribution in [-0.4, -0.2) is 45.4 Å². The van der Waals surface area contributed by atoms with Crippen molar-refractivity contribution in [2.45, 2.75) is 25.7 Å². The molecule has 0 atom stereocenters. The molecule has 1 fully saturated rings. The van der Waals surface area contributed by atoms with Crippen molar-refractivity contribution < 1.29 is 4.79 Å². The molecule has 3 aromatic rings. The zero-order valence-electron chi connectivity index (χ0n) is 16.3. The molecule has 2 N–H and O–H groups in total. The molecule has 8 heteroatoms. The summed E-state index contributed by atoms with van der Waals surface area (Å²) in [5.41, 5.74) is 3.02. The Morgan fingerprint density at radius 3 is 2.76 bits per heavy atom. The van der Waals surface area contributed by atoms with Gasteiger partial charge in [0.1, 0.15) is 5.82 Å². The maximum Gasteiger partial charge on any atom is 0.240 e. The van der Waals surface area contributed by atoms with E-state index in [0.29, 0.717) is 17.6 Å². The van der Waals surface area contributed by atoms with Crippen LogP contribution in [0.3, 0.4) is 0 Å². The molecule has 0 aromatic carbocycles. The number of anilines is 3. The molecule has 0 aliphatic carbocycles. The van der Waals surface area contributed by atoms with Crippen molar-refractivity contribution in [3.63, 3.8) is 0 Å². The predicted molar refractivity (Wildman–Crippen MR) is 116 cm³/mol.